The third-order valence-corrected chi connectivity index (χ3v) is 4.42. The van der Waals surface area contributed by atoms with Gasteiger partial charge in [-0.2, -0.15) is 0 Å². The van der Waals surface area contributed by atoms with Gasteiger partial charge in [0.05, 0.1) is 22.8 Å². The summed E-state index contributed by atoms with van der Waals surface area (Å²) in [6.07, 6.45) is 3.70. The van der Waals surface area contributed by atoms with Crippen LogP contribution in [0, 0.1) is 0 Å². The summed E-state index contributed by atoms with van der Waals surface area (Å²) in [5.74, 6) is 0. The van der Waals surface area contributed by atoms with Gasteiger partial charge < -0.3 is 10.5 Å². The number of thiazole rings is 1. The van der Waals surface area contributed by atoms with Crippen molar-refractivity contribution in [1.82, 2.24) is 4.98 Å². The van der Waals surface area contributed by atoms with Gasteiger partial charge in [0.15, 0.2) is 0 Å². The SMILES string of the molecule is NC1(c2csc(CCOCC(F)F)n2)CCCCC1. The first-order valence-corrected chi connectivity index (χ1v) is 7.58. The molecule has 0 atom stereocenters. The number of aromatic nitrogens is 1. The predicted octanol–water partition coefficient (Wildman–Crippen LogP) is 3.09. The second-order valence-electron chi connectivity index (χ2n) is 5.06. The molecule has 19 heavy (non-hydrogen) atoms. The molecular formula is C13H20F2N2OS. The molecule has 2 N–H and O–H groups in total. The lowest BCUT2D eigenvalue weighted by molar-refractivity contribution is 0.0187. The largest absolute Gasteiger partial charge is 0.375 e. The summed E-state index contributed by atoms with van der Waals surface area (Å²) in [6.45, 7) is -0.214. The molecule has 1 saturated carbocycles. The van der Waals surface area contributed by atoms with Crippen LogP contribution in [-0.2, 0) is 16.7 Å². The third-order valence-electron chi connectivity index (χ3n) is 3.51. The lowest BCUT2D eigenvalue weighted by Gasteiger charge is -2.31. The Balaban J connectivity index is 1.84. The Kier molecular flexibility index (Phi) is 5.24. The van der Waals surface area contributed by atoms with E-state index in [1.807, 2.05) is 5.38 Å². The van der Waals surface area contributed by atoms with E-state index in [2.05, 4.69) is 4.98 Å². The van der Waals surface area contributed by atoms with E-state index in [1.165, 1.54) is 6.42 Å². The van der Waals surface area contributed by atoms with Crippen molar-refractivity contribution in [2.75, 3.05) is 13.2 Å². The van der Waals surface area contributed by atoms with Gasteiger partial charge in [-0.15, -0.1) is 11.3 Å². The van der Waals surface area contributed by atoms with E-state index in [0.29, 0.717) is 6.42 Å². The zero-order valence-electron chi connectivity index (χ0n) is 10.9. The molecule has 1 heterocycles. The highest BCUT2D eigenvalue weighted by atomic mass is 32.1. The van der Waals surface area contributed by atoms with Gasteiger partial charge in [0.25, 0.3) is 6.43 Å². The van der Waals surface area contributed by atoms with E-state index < -0.39 is 13.0 Å². The summed E-state index contributed by atoms with van der Waals surface area (Å²) in [5, 5.41) is 2.92. The zero-order valence-corrected chi connectivity index (χ0v) is 11.7. The van der Waals surface area contributed by atoms with Crippen molar-refractivity contribution < 1.29 is 13.5 Å². The number of hydrogen-bond donors (Lipinski definition) is 1. The van der Waals surface area contributed by atoms with Crippen LogP contribution >= 0.6 is 11.3 Å². The molecule has 0 aliphatic heterocycles. The third kappa shape index (κ3) is 4.19. The molecule has 2 rings (SSSR count). The van der Waals surface area contributed by atoms with E-state index in [4.69, 9.17) is 10.5 Å². The van der Waals surface area contributed by atoms with Gasteiger partial charge in [0.1, 0.15) is 6.61 Å². The maximum atomic E-state index is 11.9. The second kappa shape index (κ2) is 6.72. The number of alkyl halides is 2. The lowest BCUT2D eigenvalue weighted by Crippen LogP contribution is -2.38. The maximum Gasteiger partial charge on any atom is 0.261 e. The molecule has 0 bridgehead atoms. The normalized spacial score (nSPS) is 18.9. The van der Waals surface area contributed by atoms with Crippen LogP contribution in [0.25, 0.3) is 0 Å². The second-order valence-corrected chi connectivity index (χ2v) is 6.00. The maximum absolute atomic E-state index is 11.9. The van der Waals surface area contributed by atoms with Crippen LogP contribution in [0.5, 0.6) is 0 Å². The predicted molar refractivity (Wildman–Crippen MR) is 71.6 cm³/mol. The van der Waals surface area contributed by atoms with Crippen LogP contribution in [0.2, 0.25) is 0 Å². The molecule has 1 aromatic rings. The first kappa shape index (κ1) is 14.8. The van der Waals surface area contributed by atoms with Gasteiger partial charge in [-0.05, 0) is 12.8 Å². The van der Waals surface area contributed by atoms with Crippen molar-refractivity contribution in [1.29, 1.82) is 0 Å². The molecule has 0 saturated heterocycles. The van der Waals surface area contributed by atoms with Crippen molar-refractivity contribution in [3.8, 4) is 0 Å². The Morgan fingerprint density at radius 3 is 2.79 bits per heavy atom. The van der Waals surface area contributed by atoms with Gasteiger partial charge in [0.2, 0.25) is 0 Å². The molecule has 0 radical (unpaired) electrons. The average molecular weight is 290 g/mol. The molecule has 0 amide bonds. The quantitative estimate of drug-likeness (QED) is 0.819. The Morgan fingerprint density at radius 2 is 2.11 bits per heavy atom. The number of nitrogens with two attached hydrogens (primary N) is 1. The van der Waals surface area contributed by atoms with Crippen LogP contribution in [0.3, 0.4) is 0 Å². The summed E-state index contributed by atoms with van der Waals surface area (Å²) < 4.78 is 28.7. The van der Waals surface area contributed by atoms with Crippen molar-refractivity contribution in [2.24, 2.45) is 5.73 Å². The van der Waals surface area contributed by atoms with Gasteiger partial charge >= 0.3 is 0 Å². The minimum atomic E-state index is -2.40. The monoisotopic (exact) mass is 290 g/mol. The highest BCUT2D eigenvalue weighted by molar-refractivity contribution is 7.09. The van der Waals surface area contributed by atoms with Crippen LogP contribution in [0.4, 0.5) is 8.78 Å². The fraction of sp³-hybridized carbons (Fsp3) is 0.769. The number of ether oxygens (including phenoxy) is 1. The minimum absolute atomic E-state index is 0.281. The molecule has 0 aromatic carbocycles. The van der Waals surface area contributed by atoms with Crippen LogP contribution in [0.15, 0.2) is 5.38 Å². The fourth-order valence-electron chi connectivity index (χ4n) is 2.43. The summed E-state index contributed by atoms with van der Waals surface area (Å²) in [7, 11) is 0. The minimum Gasteiger partial charge on any atom is -0.375 e. The molecule has 1 aliphatic carbocycles. The Hall–Kier alpha value is -0.590. The van der Waals surface area contributed by atoms with E-state index >= 15 is 0 Å². The summed E-state index contributed by atoms with van der Waals surface area (Å²) in [4.78, 5) is 4.55. The summed E-state index contributed by atoms with van der Waals surface area (Å²) in [5.41, 5.74) is 7.08. The number of halogens is 2. The van der Waals surface area contributed by atoms with Crippen molar-refractivity contribution in [3.05, 3.63) is 16.1 Å². The molecule has 0 unspecified atom stereocenters. The first-order chi connectivity index (χ1) is 9.10. The fourth-order valence-corrected chi connectivity index (χ4v) is 3.31. The van der Waals surface area contributed by atoms with E-state index in [9.17, 15) is 8.78 Å². The molecule has 108 valence electrons. The summed E-state index contributed by atoms with van der Waals surface area (Å²) >= 11 is 1.54. The zero-order chi connectivity index (χ0) is 13.7. The molecule has 0 spiro atoms. The molecule has 6 heteroatoms. The van der Waals surface area contributed by atoms with E-state index in [-0.39, 0.29) is 12.1 Å². The Bertz CT molecular complexity index is 392. The summed E-state index contributed by atoms with van der Waals surface area (Å²) in [6, 6.07) is 0. The van der Waals surface area contributed by atoms with Gasteiger partial charge in [-0.1, -0.05) is 19.3 Å². The van der Waals surface area contributed by atoms with E-state index in [0.717, 1.165) is 36.4 Å². The van der Waals surface area contributed by atoms with Crippen molar-refractivity contribution >= 4 is 11.3 Å². The molecule has 1 aliphatic rings. The molecule has 1 aromatic heterocycles. The number of nitrogens with zero attached hydrogens (tertiary/aromatic N) is 1. The first-order valence-electron chi connectivity index (χ1n) is 6.70. The standard InChI is InChI=1S/C13H20F2N2OS/c14-11(15)8-18-7-4-12-17-10(9-19-12)13(16)5-2-1-3-6-13/h9,11H,1-8,16H2. The highest BCUT2D eigenvalue weighted by Crippen LogP contribution is 2.35. The number of hydrogen-bond acceptors (Lipinski definition) is 4. The molecule has 1 fully saturated rings. The highest BCUT2D eigenvalue weighted by Gasteiger charge is 2.31. The lowest BCUT2D eigenvalue weighted by atomic mass is 9.81. The Labute approximate surface area is 116 Å². The van der Waals surface area contributed by atoms with Gasteiger partial charge in [0, 0.05) is 11.8 Å². The molecule has 3 nitrogen and oxygen atoms in total. The smallest absolute Gasteiger partial charge is 0.261 e. The van der Waals surface area contributed by atoms with Crippen LogP contribution < -0.4 is 5.73 Å². The average Bonchev–Trinajstić information content (AvgIpc) is 2.85. The van der Waals surface area contributed by atoms with Crippen LogP contribution in [0.1, 0.15) is 42.8 Å². The van der Waals surface area contributed by atoms with E-state index in [1.54, 1.807) is 11.3 Å². The van der Waals surface area contributed by atoms with Crippen LogP contribution in [-0.4, -0.2) is 24.6 Å². The van der Waals surface area contributed by atoms with Crippen molar-refractivity contribution in [3.63, 3.8) is 0 Å². The number of rotatable bonds is 6. The topological polar surface area (TPSA) is 48.1 Å². The van der Waals surface area contributed by atoms with Gasteiger partial charge in [-0.25, -0.2) is 13.8 Å². The molecular weight excluding hydrogens is 270 g/mol. The Morgan fingerprint density at radius 1 is 1.37 bits per heavy atom. The van der Waals surface area contributed by atoms with Crippen molar-refractivity contribution in [2.45, 2.75) is 50.5 Å². The van der Waals surface area contributed by atoms with Gasteiger partial charge in [-0.3, -0.25) is 0 Å².